The lowest BCUT2D eigenvalue weighted by molar-refractivity contribution is 0.307. The zero-order chi connectivity index (χ0) is 13.4. The van der Waals surface area contributed by atoms with Crippen molar-refractivity contribution in [2.75, 3.05) is 19.7 Å². The van der Waals surface area contributed by atoms with Crippen molar-refractivity contribution in [1.82, 2.24) is 5.32 Å². The van der Waals surface area contributed by atoms with Crippen molar-refractivity contribution in [2.45, 2.75) is 46.5 Å². The van der Waals surface area contributed by atoms with Crippen LogP contribution in [0.25, 0.3) is 0 Å². The molecule has 0 saturated heterocycles. The second-order valence-corrected chi connectivity index (χ2v) is 5.19. The van der Waals surface area contributed by atoms with Gasteiger partial charge in [-0.25, -0.2) is 0 Å². The Bertz CT molecular complexity index is 347. The van der Waals surface area contributed by atoms with Crippen molar-refractivity contribution in [3.05, 3.63) is 29.3 Å². The first-order valence-corrected chi connectivity index (χ1v) is 7.08. The molecule has 0 atom stereocenters. The van der Waals surface area contributed by atoms with E-state index in [1.54, 1.807) is 0 Å². The highest BCUT2D eigenvalue weighted by Crippen LogP contribution is 2.22. The Balaban J connectivity index is 2.37. The van der Waals surface area contributed by atoms with Crippen LogP contribution in [0, 0.1) is 6.92 Å². The number of hydrogen-bond donors (Lipinski definition) is 1. The van der Waals surface area contributed by atoms with Crippen molar-refractivity contribution >= 4 is 0 Å². The Morgan fingerprint density at radius 1 is 1.17 bits per heavy atom. The second kappa shape index (κ2) is 8.15. The van der Waals surface area contributed by atoms with Crippen LogP contribution in [0.4, 0.5) is 0 Å². The number of benzene rings is 1. The smallest absolute Gasteiger partial charge is 0.119 e. The Labute approximate surface area is 112 Å². The number of nitrogens with one attached hydrogen (secondary N) is 1. The highest BCUT2D eigenvalue weighted by molar-refractivity contribution is 5.35. The van der Waals surface area contributed by atoms with Crippen molar-refractivity contribution in [2.24, 2.45) is 0 Å². The average Bonchev–Trinajstić information content (AvgIpc) is 2.33. The maximum Gasteiger partial charge on any atom is 0.119 e. The van der Waals surface area contributed by atoms with E-state index in [2.05, 4.69) is 51.2 Å². The van der Waals surface area contributed by atoms with E-state index in [4.69, 9.17) is 4.74 Å². The van der Waals surface area contributed by atoms with Crippen molar-refractivity contribution in [1.29, 1.82) is 0 Å². The lowest BCUT2D eigenvalue weighted by atomic mass is 10.0. The molecule has 0 aliphatic carbocycles. The summed E-state index contributed by atoms with van der Waals surface area (Å²) in [4.78, 5) is 0. The summed E-state index contributed by atoms with van der Waals surface area (Å²) in [5, 5.41) is 3.38. The SMILES string of the molecule is CCCNCCCOc1cc(C)cc(C(C)C)c1. The predicted octanol–water partition coefficient (Wildman–Crippen LogP) is 3.89. The van der Waals surface area contributed by atoms with Crippen LogP contribution in [0.5, 0.6) is 5.75 Å². The molecule has 1 rings (SSSR count). The first-order valence-electron chi connectivity index (χ1n) is 7.08. The Morgan fingerprint density at radius 2 is 1.94 bits per heavy atom. The monoisotopic (exact) mass is 249 g/mol. The molecule has 0 aliphatic heterocycles. The van der Waals surface area contributed by atoms with Gasteiger partial charge in [0.1, 0.15) is 5.75 Å². The molecular formula is C16H27NO. The molecule has 2 heteroatoms. The van der Waals surface area contributed by atoms with Gasteiger partial charge in [-0.3, -0.25) is 0 Å². The highest BCUT2D eigenvalue weighted by Gasteiger charge is 2.03. The van der Waals surface area contributed by atoms with E-state index in [1.807, 2.05) is 0 Å². The molecule has 0 saturated carbocycles. The summed E-state index contributed by atoms with van der Waals surface area (Å²) >= 11 is 0. The zero-order valence-corrected chi connectivity index (χ0v) is 12.3. The predicted molar refractivity (Wildman–Crippen MR) is 78.5 cm³/mol. The first kappa shape index (κ1) is 15.0. The minimum Gasteiger partial charge on any atom is -0.494 e. The van der Waals surface area contributed by atoms with Crippen LogP contribution in [-0.2, 0) is 0 Å². The molecule has 0 fully saturated rings. The summed E-state index contributed by atoms with van der Waals surface area (Å²) in [6, 6.07) is 6.52. The van der Waals surface area contributed by atoms with Gasteiger partial charge in [-0.15, -0.1) is 0 Å². The van der Waals surface area contributed by atoms with E-state index in [9.17, 15) is 0 Å². The average molecular weight is 249 g/mol. The van der Waals surface area contributed by atoms with E-state index in [0.29, 0.717) is 5.92 Å². The van der Waals surface area contributed by atoms with Gasteiger partial charge < -0.3 is 10.1 Å². The maximum atomic E-state index is 5.82. The molecule has 0 aromatic heterocycles. The van der Waals surface area contributed by atoms with E-state index in [0.717, 1.165) is 31.9 Å². The fourth-order valence-electron chi connectivity index (χ4n) is 1.88. The molecule has 0 spiro atoms. The summed E-state index contributed by atoms with van der Waals surface area (Å²) in [6.07, 6.45) is 2.25. The molecule has 18 heavy (non-hydrogen) atoms. The standard InChI is InChI=1S/C16H27NO/c1-5-7-17-8-6-9-18-16-11-14(4)10-15(12-16)13(2)3/h10-13,17H,5-9H2,1-4H3. The first-order chi connectivity index (χ1) is 8.63. The molecule has 0 aliphatic rings. The van der Waals surface area contributed by atoms with Gasteiger partial charge in [0.15, 0.2) is 0 Å². The van der Waals surface area contributed by atoms with Crippen LogP contribution < -0.4 is 10.1 Å². The normalized spacial score (nSPS) is 10.9. The van der Waals surface area contributed by atoms with E-state index >= 15 is 0 Å². The lowest BCUT2D eigenvalue weighted by Gasteiger charge is -2.12. The minimum absolute atomic E-state index is 0.554. The molecule has 2 nitrogen and oxygen atoms in total. The van der Waals surface area contributed by atoms with Gasteiger partial charge in [0, 0.05) is 0 Å². The van der Waals surface area contributed by atoms with Crippen molar-refractivity contribution < 1.29 is 4.74 Å². The Hall–Kier alpha value is -1.02. The van der Waals surface area contributed by atoms with Crippen molar-refractivity contribution in [3.63, 3.8) is 0 Å². The van der Waals surface area contributed by atoms with Crippen LogP contribution in [0.1, 0.15) is 50.7 Å². The molecule has 1 N–H and O–H groups in total. The summed E-state index contributed by atoms with van der Waals surface area (Å²) < 4.78 is 5.82. The van der Waals surface area contributed by atoms with Gasteiger partial charge in [-0.1, -0.05) is 26.8 Å². The Kier molecular flexibility index (Phi) is 6.81. The third-order valence-electron chi connectivity index (χ3n) is 2.93. The van der Waals surface area contributed by atoms with Crippen LogP contribution in [0.3, 0.4) is 0 Å². The van der Waals surface area contributed by atoms with E-state index in [-0.39, 0.29) is 0 Å². The van der Waals surface area contributed by atoms with Gasteiger partial charge in [-0.2, -0.15) is 0 Å². The number of aryl methyl sites for hydroxylation is 1. The number of hydrogen-bond acceptors (Lipinski definition) is 2. The van der Waals surface area contributed by atoms with Gasteiger partial charge in [0.25, 0.3) is 0 Å². The molecule has 0 amide bonds. The Morgan fingerprint density at radius 3 is 2.61 bits per heavy atom. The third kappa shape index (κ3) is 5.54. The fourth-order valence-corrected chi connectivity index (χ4v) is 1.88. The minimum atomic E-state index is 0.554. The van der Waals surface area contributed by atoms with Crippen LogP contribution in [-0.4, -0.2) is 19.7 Å². The highest BCUT2D eigenvalue weighted by atomic mass is 16.5. The molecule has 0 unspecified atom stereocenters. The third-order valence-corrected chi connectivity index (χ3v) is 2.93. The molecular weight excluding hydrogens is 222 g/mol. The van der Waals surface area contributed by atoms with Gasteiger partial charge in [-0.05, 0) is 62.0 Å². The van der Waals surface area contributed by atoms with Crippen LogP contribution in [0.2, 0.25) is 0 Å². The van der Waals surface area contributed by atoms with Gasteiger partial charge in [0.2, 0.25) is 0 Å². The number of rotatable bonds is 8. The van der Waals surface area contributed by atoms with Gasteiger partial charge >= 0.3 is 0 Å². The van der Waals surface area contributed by atoms with Crippen LogP contribution in [0.15, 0.2) is 18.2 Å². The quantitative estimate of drug-likeness (QED) is 0.706. The van der Waals surface area contributed by atoms with Crippen molar-refractivity contribution in [3.8, 4) is 5.75 Å². The maximum absolute atomic E-state index is 5.82. The summed E-state index contributed by atoms with van der Waals surface area (Å²) in [7, 11) is 0. The van der Waals surface area contributed by atoms with E-state index in [1.165, 1.54) is 17.5 Å². The molecule has 102 valence electrons. The summed E-state index contributed by atoms with van der Waals surface area (Å²) in [5.74, 6) is 1.56. The largest absolute Gasteiger partial charge is 0.494 e. The second-order valence-electron chi connectivity index (χ2n) is 5.19. The molecule has 1 aromatic rings. The van der Waals surface area contributed by atoms with Gasteiger partial charge in [0.05, 0.1) is 6.61 Å². The summed E-state index contributed by atoms with van der Waals surface area (Å²) in [5.41, 5.74) is 2.63. The molecule has 0 heterocycles. The lowest BCUT2D eigenvalue weighted by Crippen LogP contribution is -2.18. The zero-order valence-electron chi connectivity index (χ0n) is 12.3. The molecule has 1 aromatic carbocycles. The fraction of sp³-hybridized carbons (Fsp3) is 0.625. The number of ether oxygens (including phenoxy) is 1. The van der Waals surface area contributed by atoms with E-state index < -0.39 is 0 Å². The molecule has 0 radical (unpaired) electrons. The molecule has 0 bridgehead atoms. The topological polar surface area (TPSA) is 21.3 Å². The summed E-state index contributed by atoms with van der Waals surface area (Å²) in [6.45, 7) is 11.7. The van der Waals surface area contributed by atoms with Crippen LogP contribution >= 0.6 is 0 Å².